The zero-order chi connectivity index (χ0) is 18.5. The van der Waals surface area contributed by atoms with E-state index in [4.69, 9.17) is 0 Å². The van der Waals surface area contributed by atoms with Gasteiger partial charge in [-0.05, 0) is 23.8 Å². The molecule has 1 aliphatic rings. The standard InChI is InChI=1S/C22H22N4O/c27-22(11-10-19-16-23-20-8-4-5-9-21(20)24-19)26-14-12-25(13-15-26)17-18-6-2-1-3-7-18/h1-11,16H,12-15,17H2/b11-10+. The Morgan fingerprint density at radius 2 is 1.63 bits per heavy atom. The van der Waals surface area contributed by atoms with Gasteiger partial charge in [0.15, 0.2) is 0 Å². The van der Waals surface area contributed by atoms with E-state index in [-0.39, 0.29) is 5.91 Å². The van der Waals surface area contributed by atoms with Crippen molar-refractivity contribution >= 4 is 23.0 Å². The van der Waals surface area contributed by atoms with Gasteiger partial charge in [0.2, 0.25) is 5.91 Å². The molecule has 0 spiro atoms. The second kappa shape index (κ2) is 8.10. The number of amides is 1. The van der Waals surface area contributed by atoms with Crippen LogP contribution in [0.1, 0.15) is 11.3 Å². The first-order valence-electron chi connectivity index (χ1n) is 9.23. The lowest BCUT2D eigenvalue weighted by atomic mass is 10.2. The average Bonchev–Trinajstić information content (AvgIpc) is 2.73. The zero-order valence-electron chi connectivity index (χ0n) is 15.2. The topological polar surface area (TPSA) is 49.3 Å². The maximum Gasteiger partial charge on any atom is 0.246 e. The van der Waals surface area contributed by atoms with Crippen molar-refractivity contribution in [3.05, 3.63) is 78.1 Å². The van der Waals surface area contributed by atoms with E-state index in [9.17, 15) is 4.79 Å². The molecule has 2 heterocycles. The minimum absolute atomic E-state index is 0.0318. The highest BCUT2D eigenvalue weighted by Crippen LogP contribution is 2.11. The quantitative estimate of drug-likeness (QED) is 0.673. The molecule has 1 saturated heterocycles. The maximum absolute atomic E-state index is 12.5. The van der Waals surface area contributed by atoms with E-state index < -0.39 is 0 Å². The van der Waals surface area contributed by atoms with Crippen LogP contribution in [0.2, 0.25) is 0 Å². The third-order valence-corrected chi connectivity index (χ3v) is 4.80. The molecule has 0 saturated carbocycles. The normalized spacial score (nSPS) is 15.5. The van der Waals surface area contributed by atoms with E-state index in [1.54, 1.807) is 18.3 Å². The number of carbonyl (C=O) groups excluding carboxylic acids is 1. The van der Waals surface area contributed by atoms with Crippen molar-refractivity contribution in [1.82, 2.24) is 19.8 Å². The zero-order valence-corrected chi connectivity index (χ0v) is 15.2. The predicted octanol–water partition coefficient (Wildman–Crippen LogP) is 2.99. The van der Waals surface area contributed by atoms with Crippen LogP contribution >= 0.6 is 0 Å². The first kappa shape index (κ1) is 17.4. The van der Waals surface area contributed by atoms with E-state index >= 15 is 0 Å². The summed E-state index contributed by atoms with van der Waals surface area (Å²) in [7, 11) is 0. The number of carbonyl (C=O) groups is 1. The molecule has 1 aromatic heterocycles. The number of benzene rings is 2. The Morgan fingerprint density at radius 3 is 2.41 bits per heavy atom. The molecule has 0 aliphatic carbocycles. The first-order valence-corrected chi connectivity index (χ1v) is 9.23. The van der Waals surface area contributed by atoms with Crippen LogP contribution in [0.3, 0.4) is 0 Å². The van der Waals surface area contributed by atoms with E-state index in [2.05, 4.69) is 39.1 Å². The monoisotopic (exact) mass is 358 g/mol. The molecule has 27 heavy (non-hydrogen) atoms. The van der Waals surface area contributed by atoms with E-state index in [0.717, 1.165) is 43.8 Å². The Hall–Kier alpha value is -3.05. The van der Waals surface area contributed by atoms with Crippen LogP contribution in [0.15, 0.2) is 66.9 Å². The van der Waals surface area contributed by atoms with Gasteiger partial charge >= 0.3 is 0 Å². The van der Waals surface area contributed by atoms with Crippen molar-refractivity contribution < 1.29 is 4.79 Å². The molecule has 0 radical (unpaired) electrons. The SMILES string of the molecule is O=C(/C=C/c1cnc2ccccc2n1)N1CCN(Cc2ccccc2)CC1. The Bertz CT molecular complexity index is 947. The van der Waals surface area contributed by atoms with Gasteiger partial charge in [-0.1, -0.05) is 42.5 Å². The summed E-state index contributed by atoms with van der Waals surface area (Å²) in [5.41, 5.74) is 3.70. The lowest BCUT2D eigenvalue weighted by Gasteiger charge is -2.34. The highest BCUT2D eigenvalue weighted by atomic mass is 16.2. The molecular formula is C22H22N4O. The molecule has 5 nitrogen and oxygen atoms in total. The van der Waals surface area contributed by atoms with Crippen molar-refractivity contribution in [2.75, 3.05) is 26.2 Å². The Kier molecular flexibility index (Phi) is 5.21. The van der Waals surface area contributed by atoms with Gasteiger partial charge in [0, 0.05) is 38.8 Å². The number of rotatable bonds is 4. The lowest BCUT2D eigenvalue weighted by Crippen LogP contribution is -2.47. The van der Waals surface area contributed by atoms with Crippen LogP contribution in [0.25, 0.3) is 17.1 Å². The van der Waals surface area contributed by atoms with Crippen molar-refractivity contribution in [2.24, 2.45) is 0 Å². The second-order valence-corrected chi connectivity index (χ2v) is 6.70. The van der Waals surface area contributed by atoms with Crippen LogP contribution in [0, 0.1) is 0 Å². The molecule has 2 aromatic carbocycles. The summed E-state index contributed by atoms with van der Waals surface area (Å²) in [6, 6.07) is 18.2. The van der Waals surface area contributed by atoms with Gasteiger partial charge in [0.1, 0.15) is 0 Å². The van der Waals surface area contributed by atoms with Gasteiger partial charge in [-0.3, -0.25) is 14.7 Å². The van der Waals surface area contributed by atoms with E-state index in [0.29, 0.717) is 5.69 Å². The fourth-order valence-electron chi connectivity index (χ4n) is 3.28. The van der Waals surface area contributed by atoms with Crippen LogP contribution in [0.5, 0.6) is 0 Å². The summed E-state index contributed by atoms with van der Waals surface area (Å²) in [5.74, 6) is 0.0318. The van der Waals surface area contributed by atoms with Crippen LogP contribution in [-0.4, -0.2) is 51.9 Å². The number of fused-ring (bicyclic) bond motifs is 1. The third-order valence-electron chi connectivity index (χ3n) is 4.80. The summed E-state index contributed by atoms with van der Waals surface area (Å²) in [5, 5.41) is 0. The summed E-state index contributed by atoms with van der Waals surface area (Å²) in [4.78, 5) is 25.7. The smallest absolute Gasteiger partial charge is 0.246 e. The summed E-state index contributed by atoms with van der Waals surface area (Å²) in [6.45, 7) is 4.22. The van der Waals surface area contributed by atoms with Crippen LogP contribution in [0.4, 0.5) is 0 Å². The molecule has 1 amide bonds. The lowest BCUT2D eigenvalue weighted by molar-refractivity contribution is -0.127. The van der Waals surface area contributed by atoms with Crippen molar-refractivity contribution in [3.63, 3.8) is 0 Å². The summed E-state index contributed by atoms with van der Waals surface area (Å²) >= 11 is 0. The molecule has 3 aromatic rings. The number of hydrogen-bond donors (Lipinski definition) is 0. The highest BCUT2D eigenvalue weighted by Gasteiger charge is 2.19. The number of hydrogen-bond acceptors (Lipinski definition) is 4. The molecule has 1 fully saturated rings. The third kappa shape index (κ3) is 4.38. The molecular weight excluding hydrogens is 336 g/mol. The van der Waals surface area contributed by atoms with E-state index in [1.807, 2.05) is 35.2 Å². The molecule has 0 unspecified atom stereocenters. The first-order chi connectivity index (χ1) is 13.3. The number of piperazine rings is 1. The van der Waals surface area contributed by atoms with Gasteiger partial charge < -0.3 is 4.90 Å². The second-order valence-electron chi connectivity index (χ2n) is 6.70. The largest absolute Gasteiger partial charge is 0.337 e. The van der Waals surface area contributed by atoms with E-state index in [1.165, 1.54) is 5.56 Å². The molecule has 0 bridgehead atoms. The fraction of sp³-hybridized carbons (Fsp3) is 0.227. The molecule has 1 aliphatic heterocycles. The fourth-order valence-corrected chi connectivity index (χ4v) is 3.28. The number of aromatic nitrogens is 2. The average molecular weight is 358 g/mol. The Morgan fingerprint density at radius 1 is 0.926 bits per heavy atom. The minimum Gasteiger partial charge on any atom is -0.337 e. The van der Waals surface area contributed by atoms with Crippen molar-refractivity contribution in [1.29, 1.82) is 0 Å². The van der Waals surface area contributed by atoms with Gasteiger partial charge in [-0.25, -0.2) is 4.98 Å². The molecule has 5 heteroatoms. The molecule has 4 rings (SSSR count). The molecule has 136 valence electrons. The summed E-state index contributed by atoms with van der Waals surface area (Å²) in [6.07, 6.45) is 5.05. The number of para-hydroxylation sites is 2. The van der Waals surface area contributed by atoms with Crippen molar-refractivity contribution in [3.8, 4) is 0 Å². The van der Waals surface area contributed by atoms with Crippen LogP contribution in [-0.2, 0) is 11.3 Å². The van der Waals surface area contributed by atoms with Gasteiger partial charge in [0.05, 0.1) is 22.9 Å². The summed E-state index contributed by atoms with van der Waals surface area (Å²) < 4.78 is 0. The van der Waals surface area contributed by atoms with Gasteiger partial charge in [0.25, 0.3) is 0 Å². The highest BCUT2D eigenvalue weighted by molar-refractivity contribution is 5.91. The molecule has 0 N–H and O–H groups in total. The predicted molar refractivity (Wildman–Crippen MR) is 107 cm³/mol. The van der Waals surface area contributed by atoms with Crippen molar-refractivity contribution in [2.45, 2.75) is 6.54 Å². The maximum atomic E-state index is 12.5. The number of nitrogens with zero attached hydrogens (tertiary/aromatic N) is 4. The molecule has 0 atom stereocenters. The van der Waals surface area contributed by atoms with Gasteiger partial charge in [-0.2, -0.15) is 0 Å². The Labute approximate surface area is 159 Å². The van der Waals surface area contributed by atoms with Gasteiger partial charge in [-0.15, -0.1) is 0 Å². The van der Waals surface area contributed by atoms with Crippen LogP contribution < -0.4 is 0 Å². The minimum atomic E-state index is 0.0318. The Balaban J connectivity index is 1.32.